The third-order valence-corrected chi connectivity index (χ3v) is 4.28. The van der Waals surface area contributed by atoms with Gasteiger partial charge in [-0.2, -0.15) is 0 Å². The molecule has 0 aromatic heterocycles. The summed E-state index contributed by atoms with van der Waals surface area (Å²) in [5, 5.41) is 25.7. The molecule has 10 heteroatoms. The Morgan fingerprint density at radius 2 is 0.778 bits per heavy atom. The van der Waals surface area contributed by atoms with Gasteiger partial charge in [0, 0.05) is 23.5 Å². The molecule has 0 saturated carbocycles. The zero-order chi connectivity index (χ0) is 25.9. The lowest BCUT2D eigenvalue weighted by atomic mass is 10.2. The third kappa shape index (κ3) is 8.52. The number of carbonyl (C=O) groups excluding carboxylic acids is 4. The van der Waals surface area contributed by atoms with Gasteiger partial charge in [-0.1, -0.05) is 0 Å². The molecule has 0 saturated heterocycles. The minimum Gasteiger partial charge on any atom is -0.545 e. The van der Waals surface area contributed by atoms with Gasteiger partial charge < -0.3 is 39.9 Å². The molecule has 2 amide bonds. The molecule has 0 bridgehead atoms. The Kier molecular flexibility index (Phi) is 8.55. The molecule has 3 aromatic rings. The fourth-order valence-corrected chi connectivity index (χ4v) is 2.72. The van der Waals surface area contributed by atoms with Gasteiger partial charge in [0.1, 0.15) is 23.0 Å². The number of carboxylic acids is 2. The lowest BCUT2D eigenvalue weighted by Crippen LogP contribution is -2.20. The third-order valence-electron chi connectivity index (χ3n) is 4.28. The first-order chi connectivity index (χ1) is 17.3. The highest BCUT2D eigenvalue weighted by molar-refractivity contribution is 6.02. The van der Waals surface area contributed by atoms with Crippen molar-refractivity contribution in [3.05, 3.63) is 97.1 Å². The van der Waals surface area contributed by atoms with Crippen molar-refractivity contribution in [1.29, 1.82) is 0 Å². The van der Waals surface area contributed by atoms with E-state index in [4.69, 9.17) is 9.47 Å². The van der Waals surface area contributed by atoms with Crippen LogP contribution >= 0.6 is 0 Å². The SMILES string of the molecule is O=C([O-])C=CC(=O)Nc1ccc(Oc2ccc(Oc3ccc(NC(=O)C=CC(=O)[O-])cc3)cc2)cc1. The first kappa shape index (κ1) is 25.2. The van der Waals surface area contributed by atoms with E-state index in [0.717, 1.165) is 12.2 Å². The van der Waals surface area contributed by atoms with Crippen molar-refractivity contribution in [2.75, 3.05) is 10.6 Å². The molecule has 0 heterocycles. The second-order valence-corrected chi connectivity index (χ2v) is 7.01. The molecule has 10 nitrogen and oxygen atoms in total. The Labute approximate surface area is 205 Å². The van der Waals surface area contributed by atoms with Gasteiger partial charge in [-0.15, -0.1) is 0 Å². The van der Waals surface area contributed by atoms with Crippen LogP contribution < -0.4 is 30.3 Å². The molecule has 2 N–H and O–H groups in total. The highest BCUT2D eigenvalue weighted by Crippen LogP contribution is 2.28. The van der Waals surface area contributed by atoms with Crippen molar-refractivity contribution in [3.8, 4) is 23.0 Å². The number of amides is 2. The monoisotopic (exact) mass is 486 g/mol. The molecule has 3 rings (SSSR count). The smallest absolute Gasteiger partial charge is 0.248 e. The van der Waals surface area contributed by atoms with Crippen molar-refractivity contribution in [2.24, 2.45) is 0 Å². The van der Waals surface area contributed by atoms with Crippen LogP contribution in [0, 0.1) is 0 Å². The minimum atomic E-state index is -1.46. The Morgan fingerprint density at radius 3 is 1.06 bits per heavy atom. The van der Waals surface area contributed by atoms with Crippen molar-refractivity contribution >= 4 is 35.1 Å². The van der Waals surface area contributed by atoms with Gasteiger partial charge in [-0.3, -0.25) is 9.59 Å². The summed E-state index contributed by atoms with van der Waals surface area (Å²) in [5.41, 5.74) is 0.914. The second kappa shape index (κ2) is 12.2. The van der Waals surface area contributed by atoms with Crippen LogP contribution in [0.15, 0.2) is 97.1 Å². The highest BCUT2D eigenvalue weighted by Gasteiger charge is 2.03. The van der Waals surface area contributed by atoms with Crippen LogP contribution in [0.25, 0.3) is 0 Å². The summed E-state index contributed by atoms with van der Waals surface area (Å²) < 4.78 is 11.5. The van der Waals surface area contributed by atoms with E-state index < -0.39 is 23.8 Å². The Hall–Kier alpha value is -5.38. The lowest BCUT2D eigenvalue weighted by Gasteiger charge is -2.10. The van der Waals surface area contributed by atoms with E-state index in [2.05, 4.69) is 10.6 Å². The van der Waals surface area contributed by atoms with E-state index in [0.29, 0.717) is 46.5 Å². The average molecular weight is 486 g/mol. The fraction of sp³-hybridized carbons (Fsp3) is 0. The molecule has 0 spiro atoms. The Balaban J connectivity index is 1.51. The molecule has 0 radical (unpaired) electrons. The van der Waals surface area contributed by atoms with E-state index in [9.17, 15) is 29.4 Å². The first-order valence-electron chi connectivity index (χ1n) is 10.3. The second-order valence-electron chi connectivity index (χ2n) is 7.01. The summed E-state index contributed by atoms with van der Waals surface area (Å²) in [7, 11) is 0. The number of aliphatic carboxylic acids is 2. The summed E-state index contributed by atoms with van der Waals surface area (Å²) in [4.78, 5) is 43.8. The molecule has 0 aliphatic carbocycles. The summed E-state index contributed by atoms with van der Waals surface area (Å²) in [6.45, 7) is 0. The normalized spacial score (nSPS) is 10.7. The van der Waals surface area contributed by atoms with E-state index in [1.165, 1.54) is 0 Å². The maximum Gasteiger partial charge on any atom is 0.248 e. The maximum absolute atomic E-state index is 11.6. The van der Waals surface area contributed by atoms with Gasteiger partial charge >= 0.3 is 0 Å². The summed E-state index contributed by atoms with van der Waals surface area (Å²) >= 11 is 0. The molecule has 0 aliphatic heterocycles. The van der Waals surface area contributed by atoms with E-state index in [-0.39, 0.29) is 0 Å². The van der Waals surface area contributed by atoms with Gasteiger partial charge in [0.2, 0.25) is 11.8 Å². The minimum absolute atomic E-state index is 0.457. The quantitative estimate of drug-likeness (QED) is 0.411. The maximum atomic E-state index is 11.6. The number of hydrogen-bond donors (Lipinski definition) is 2. The molecule has 0 fully saturated rings. The van der Waals surface area contributed by atoms with Crippen molar-refractivity contribution < 1.29 is 38.9 Å². The molecule has 3 aromatic carbocycles. The summed E-state index contributed by atoms with van der Waals surface area (Å²) in [6, 6.07) is 19.8. The number of nitrogens with one attached hydrogen (secondary N) is 2. The molecule has 0 aliphatic rings. The molecular weight excluding hydrogens is 468 g/mol. The zero-order valence-electron chi connectivity index (χ0n) is 18.5. The molecule has 0 unspecified atom stereocenters. The number of carboxylic acid groups (broad SMARTS) is 2. The Bertz CT molecular complexity index is 1190. The molecule has 0 atom stereocenters. The molecule has 182 valence electrons. The fourth-order valence-electron chi connectivity index (χ4n) is 2.72. The van der Waals surface area contributed by atoms with Gasteiger partial charge in [0.05, 0.1) is 11.9 Å². The standard InChI is InChI=1S/C26H20N2O8/c29-23(13-15-25(31)32)27-17-1-5-19(6-2-17)35-21-9-11-22(12-10-21)36-20-7-3-18(4-8-20)28-24(30)14-16-26(33)34/h1-16H,(H,27,29)(H,28,30)(H,31,32)(H,33,34)/p-2. The zero-order valence-corrected chi connectivity index (χ0v) is 18.5. The van der Waals surface area contributed by atoms with Crippen LogP contribution in [-0.2, 0) is 19.2 Å². The van der Waals surface area contributed by atoms with Gasteiger partial charge in [0.15, 0.2) is 0 Å². The van der Waals surface area contributed by atoms with Crippen LogP contribution in [-0.4, -0.2) is 23.8 Å². The number of hydrogen-bond acceptors (Lipinski definition) is 8. The largest absolute Gasteiger partial charge is 0.545 e. The van der Waals surface area contributed by atoms with Crippen LogP contribution in [0.4, 0.5) is 11.4 Å². The predicted molar refractivity (Wildman–Crippen MR) is 125 cm³/mol. The first-order valence-corrected chi connectivity index (χ1v) is 10.3. The van der Waals surface area contributed by atoms with Crippen LogP contribution in [0.1, 0.15) is 0 Å². The lowest BCUT2D eigenvalue weighted by molar-refractivity contribution is -0.298. The number of carbonyl (C=O) groups is 4. The predicted octanol–water partition coefficient (Wildman–Crippen LogP) is 1.76. The van der Waals surface area contributed by atoms with E-state index in [1.807, 2.05) is 0 Å². The van der Waals surface area contributed by atoms with Crippen molar-refractivity contribution in [3.63, 3.8) is 0 Å². The van der Waals surface area contributed by atoms with Crippen LogP contribution in [0.5, 0.6) is 23.0 Å². The van der Waals surface area contributed by atoms with E-state index >= 15 is 0 Å². The molecular formula is C26H18N2O8-2. The van der Waals surface area contributed by atoms with Gasteiger partial charge in [0.25, 0.3) is 0 Å². The summed E-state index contributed by atoms with van der Waals surface area (Å²) in [5.74, 6) is -2.02. The van der Waals surface area contributed by atoms with Gasteiger partial charge in [-0.05, 0) is 84.9 Å². The molecule has 36 heavy (non-hydrogen) atoms. The number of anilines is 2. The van der Waals surface area contributed by atoms with Crippen LogP contribution in [0.2, 0.25) is 0 Å². The van der Waals surface area contributed by atoms with Crippen LogP contribution in [0.3, 0.4) is 0 Å². The number of rotatable bonds is 10. The van der Waals surface area contributed by atoms with Gasteiger partial charge in [-0.25, -0.2) is 0 Å². The highest BCUT2D eigenvalue weighted by atomic mass is 16.5. The van der Waals surface area contributed by atoms with Crippen molar-refractivity contribution in [1.82, 2.24) is 0 Å². The summed E-state index contributed by atoms with van der Waals surface area (Å²) in [6.07, 6.45) is 2.99. The topological polar surface area (TPSA) is 157 Å². The Morgan fingerprint density at radius 1 is 0.500 bits per heavy atom. The van der Waals surface area contributed by atoms with E-state index in [1.54, 1.807) is 72.8 Å². The van der Waals surface area contributed by atoms with Crippen molar-refractivity contribution in [2.45, 2.75) is 0 Å². The average Bonchev–Trinajstić information content (AvgIpc) is 2.85. The number of ether oxygens (including phenoxy) is 2. The number of benzene rings is 3.